The Bertz CT molecular complexity index is 908. The summed E-state index contributed by atoms with van der Waals surface area (Å²) >= 11 is 0. The summed E-state index contributed by atoms with van der Waals surface area (Å²) in [6, 6.07) is 8.35. The molecule has 2 heterocycles. The molecule has 26 heavy (non-hydrogen) atoms. The molecule has 5 N–H and O–H groups in total. The van der Waals surface area contributed by atoms with Gasteiger partial charge in [0.1, 0.15) is 23.5 Å². The van der Waals surface area contributed by atoms with Crippen LogP contribution < -0.4 is 26.6 Å². The van der Waals surface area contributed by atoms with Crippen molar-refractivity contribution in [2.75, 3.05) is 23.6 Å². The summed E-state index contributed by atoms with van der Waals surface area (Å²) in [7, 11) is 1.56. The third kappa shape index (κ3) is 3.80. The molecular formula is C16H17N7O3. The number of carbonyl (C=O) groups excluding carboxylic acids is 1. The highest BCUT2D eigenvalue weighted by Gasteiger charge is 2.12. The Kier molecular flexibility index (Phi) is 4.83. The van der Waals surface area contributed by atoms with Crippen molar-refractivity contribution in [1.29, 1.82) is 0 Å². The zero-order valence-electron chi connectivity index (χ0n) is 14.1. The van der Waals surface area contributed by atoms with Gasteiger partial charge in [-0.2, -0.15) is 0 Å². The Hall–Kier alpha value is -3.82. The molecule has 0 aliphatic carbocycles. The standard InChI is InChI=1S/C16H17N7O3/c1-9-7-12(23-26-9)20-14-13(17)15(19-8-18-14)21-22-16(24)10-3-5-11(25-2)6-4-10/h3-8H,17H2,1-2H3,(H,22,24)(H2,18,19,20,21,23). The number of nitrogens with two attached hydrogens (primary N) is 1. The van der Waals surface area contributed by atoms with Crippen LogP contribution in [0.3, 0.4) is 0 Å². The van der Waals surface area contributed by atoms with Crippen molar-refractivity contribution >= 4 is 29.0 Å². The number of nitrogen functional groups attached to an aromatic ring is 1. The number of hydrazine groups is 1. The number of anilines is 4. The Labute approximate surface area is 148 Å². The highest BCUT2D eigenvalue weighted by atomic mass is 16.5. The number of nitrogens with zero attached hydrogens (tertiary/aromatic N) is 3. The van der Waals surface area contributed by atoms with Gasteiger partial charge in [0.15, 0.2) is 17.5 Å². The number of aryl methyl sites for hydroxylation is 1. The van der Waals surface area contributed by atoms with Gasteiger partial charge in [-0.05, 0) is 31.2 Å². The minimum atomic E-state index is -0.354. The molecule has 0 fully saturated rings. The fourth-order valence-corrected chi connectivity index (χ4v) is 2.07. The molecule has 0 atom stereocenters. The number of hydrogen-bond donors (Lipinski definition) is 4. The van der Waals surface area contributed by atoms with E-state index in [1.165, 1.54) is 6.33 Å². The monoisotopic (exact) mass is 355 g/mol. The van der Waals surface area contributed by atoms with E-state index in [0.717, 1.165) is 0 Å². The van der Waals surface area contributed by atoms with Crippen molar-refractivity contribution < 1.29 is 14.1 Å². The zero-order chi connectivity index (χ0) is 18.5. The summed E-state index contributed by atoms with van der Waals surface area (Å²) in [6.45, 7) is 1.77. The molecule has 10 heteroatoms. The van der Waals surface area contributed by atoms with Gasteiger partial charge < -0.3 is 20.3 Å². The number of carbonyl (C=O) groups is 1. The summed E-state index contributed by atoms with van der Waals surface area (Å²) in [4.78, 5) is 20.2. The Morgan fingerprint density at radius 2 is 1.92 bits per heavy atom. The van der Waals surface area contributed by atoms with Gasteiger partial charge in [-0.25, -0.2) is 9.97 Å². The second kappa shape index (κ2) is 7.38. The van der Waals surface area contributed by atoms with Gasteiger partial charge in [0.2, 0.25) is 0 Å². The first kappa shape index (κ1) is 17.0. The highest BCUT2D eigenvalue weighted by molar-refractivity contribution is 5.95. The van der Waals surface area contributed by atoms with Crippen LogP contribution in [0.5, 0.6) is 5.75 Å². The van der Waals surface area contributed by atoms with E-state index < -0.39 is 0 Å². The lowest BCUT2D eigenvalue weighted by Gasteiger charge is -2.12. The molecule has 10 nitrogen and oxygen atoms in total. The first-order valence-corrected chi connectivity index (χ1v) is 7.58. The smallest absolute Gasteiger partial charge is 0.269 e. The SMILES string of the molecule is COc1ccc(C(=O)NNc2ncnc(Nc3cc(C)on3)c2N)cc1. The average Bonchev–Trinajstić information content (AvgIpc) is 3.07. The maximum absolute atomic E-state index is 12.2. The van der Waals surface area contributed by atoms with Gasteiger partial charge in [0.05, 0.1) is 7.11 Å². The minimum absolute atomic E-state index is 0.211. The van der Waals surface area contributed by atoms with E-state index in [2.05, 4.69) is 31.3 Å². The summed E-state index contributed by atoms with van der Waals surface area (Å²) in [5.74, 6) is 1.98. The molecule has 1 amide bonds. The number of benzene rings is 1. The van der Waals surface area contributed by atoms with Crippen molar-refractivity contribution in [2.24, 2.45) is 0 Å². The van der Waals surface area contributed by atoms with Crippen molar-refractivity contribution in [2.45, 2.75) is 6.92 Å². The van der Waals surface area contributed by atoms with Crippen molar-refractivity contribution in [1.82, 2.24) is 20.6 Å². The van der Waals surface area contributed by atoms with Crippen LogP contribution in [-0.2, 0) is 0 Å². The van der Waals surface area contributed by atoms with Gasteiger partial charge in [0.25, 0.3) is 5.91 Å². The molecule has 0 spiro atoms. The van der Waals surface area contributed by atoms with Crippen molar-refractivity contribution in [3.63, 3.8) is 0 Å². The van der Waals surface area contributed by atoms with Gasteiger partial charge >= 0.3 is 0 Å². The van der Waals surface area contributed by atoms with Gasteiger partial charge in [-0.15, -0.1) is 0 Å². The lowest BCUT2D eigenvalue weighted by molar-refractivity contribution is 0.0962. The summed E-state index contributed by atoms with van der Waals surface area (Å²) < 4.78 is 10.0. The first-order valence-electron chi connectivity index (χ1n) is 7.58. The predicted octanol–water partition coefficient (Wildman–Crippen LogP) is 1.86. The molecule has 0 aliphatic rings. The van der Waals surface area contributed by atoms with Crippen LogP contribution in [0, 0.1) is 6.92 Å². The van der Waals surface area contributed by atoms with Gasteiger partial charge in [-0.1, -0.05) is 5.16 Å². The van der Waals surface area contributed by atoms with E-state index >= 15 is 0 Å². The number of hydrogen-bond acceptors (Lipinski definition) is 9. The van der Waals surface area contributed by atoms with E-state index in [0.29, 0.717) is 28.7 Å². The molecule has 0 radical (unpaired) electrons. The summed E-state index contributed by atoms with van der Waals surface area (Å²) in [6.07, 6.45) is 1.30. The molecule has 134 valence electrons. The van der Waals surface area contributed by atoms with Crippen molar-refractivity contribution in [3.8, 4) is 5.75 Å². The molecule has 0 saturated carbocycles. The molecular weight excluding hydrogens is 338 g/mol. The number of rotatable bonds is 6. The van der Waals surface area contributed by atoms with Gasteiger partial charge in [-0.3, -0.25) is 15.6 Å². The van der Waals surface area contributed by atoms with Crippen molar-refractivity contribution in [3.05, 3.63) is 48.0 Å². The van der Waals surface area contributed by atoms with Crippen LogP contribution in [0.1, 0.15) is 16.1 Å². The summed E-state index contributed by atoms with van der Waals surface area (Å²) in [5.41, 5.74) is 11.9. The molecule has 0 saturated heterocycles. The second-order valence-corrected chi connectivity index (χ2v) is 5.24. The quantitative estimate of drug-likeness (QED) is 0.488. The number of methoxy groups -OCH3 is 1. The Balaban J connectivity index is 1.67. The Morgan fingerprint density at radius 1 is 1.19 bits per heavy atom. The fourth-order valence-electron chi connectivity index (χ4n) is 2.07. The zero-order valence-corrected chi connectivity index (χ0v) is 14.1. The molecule has 1 aromatic carbocycles. The second-order valence-electron chi connectivity index (χ2n) is 5.24. The number of aromatic nitrogens is 3. The summed E-state index contributed by atoms with van der Waals surface area (Å²) in [5, 5.41) is 6.73. The van der Waals surface area contributed by atoms with Crippen LogP contribution in [0.4, 0.5) is 23.1 Å². The first-order chi connectivity index (χ1) is 12.6. The fraction of sp³-hybridized carbons (Fsp3) is 0.125. The van der Waals surface area contributed by atoms with Crippen LogP contribution in [0.15, 0.2) is 41.2 Å². The van der Waals surface area contributed by atoms with Gasteiger partial charge in [0, 0.05) is 11.6 Å². The number of amides is 1. The average molecular weight is 355 g/mol. The topological polar surface area (TPSA) is 140 Å². The largest absolute Gasteiger partial charge is 0.497 e. The lowest BCUT2D eigenvalue weighted by atomic mass is 10.2. The van der Waals surface area contributed by atoms with E-state index in [1.54, 1.807) is 44.4 Å². The molecule has 0 unspecified atom stereocenters. The van der Waals surface area contributed by atoms with E-state index in [9.17, 15) is 4.79 Å². The normalized spacial score (nSPS) is 10.2. The lowest BCUT2D eigenvalue weighted by Crippen LogP contribution is -2.30. The third-order valence-electron chi connectivity index (χ3n) is 3.40. The van der Waals surface area contributed by atoms with E-state index in [1.807, 2.05) is 0 Å². The molecule has 3 rings (SSSR count). The van der Waals surface area contributed by atoms with Crippen LogP contribution in [-0.4, -0.2) is 28.1 Å². The minimum Gasteiger partial charge on any atom is -0.497 e. The van der Waals surface area contributed by atoms with Crippen LogP contribution in [0.2, 0.25) is 0 Å². The Morgan fingerprint density at radius 3 is 2.58 bits per heavy atom. The molecule has 0 aliphatic heterocycles. The third-order valence-corrected chi connectivity index (χ3v) is 3.40. The predicted molar refractivity (Wildman–Crippen MR) is 95.0 cm³/mol. The molecule has 0 bridgehead atoms. The highest BCUT2D eigenvalue weighted by Crippen LogP contribution is 2.25. The maximum Gasteiger partial charge on any atom is 0.269 e. The maximum atomic E-state index is 12.2. The van der Waals surface area contributed by atoms with E-state index in [-0.39, 0.29) is 17.4 Å². The molecule has 3 aromatic rings. The van der Waals surface area contributed by atoms with E-state index in [4.69, 9.17) is 15.0 Å². The number of nitrogens with one attached hydrogen (secondary N) is 3. The van der Waals surface area contributed by atoms with Crippen LogP contribution in [0.25, 0.3) is 0 Å². The van der Waals surface area contributed by atoms with Crippen LogP contribution >= 0.6 is 0 Å². The molecule has 2 aromatic heterocycles. The number of ether oxygens (including phenoxy) is 1.